The Kier molecular flexibility index (Phi) is 10.3. The van der Waals surface area contributed by atoms with E-state index in [-0.39, 0.29) is 30.0 Å². The second kappa shape index (κ2) is 13.3. The zero-order chi connectivity index (χ0) is 26.7. The molecule has 4 aliphatic rings. The summed E-state index contributed by atoms with van der Waals surface area (Å²) in [7, 11) is 0. The molecule has 5 nitrogen and oxygen atoms in total. The number of nitrogens with one attached hydrogen (secondary N) is 1. The zero-order valence-electron chi connectivity index (χ0n) is 22.7. The zero-order valence-corrected chi connectivity index (χ0v) is 23.5. The van der Waals surface area contributed by atoms with Crippen molar-refractivity contribution in [2.75, 3.05) is 19.5 Å². The molecule has 206 valence electrons. The number of aliphatic carboxylic acids is 1. The molecule has 2 N–H and O–H groups in total. The standard InChI is InChI=1S/C32H41NO4S.Li.H/c1-21-7-3-4-8-26(21)27-9-5-6-10-28(27)30(34)33-29(31(35)36)16-25(38-2)20-37-12-11-32-17-22-13-23(18-32)15-24(14-22)19-32;;/h3-10,22-25,29H,11-20H2,1-2H3,(H,33,34)(H,35,36);;. The van der Waals surface area contributed by atoms with Gasteiger partial charge in [-0.1, -0.05) is 42.5 Å². The van der Waals surface area contributed by atoms with Gasteiger partial charge in [0.2, 0.25) is 0 Å². The van der Waals surface area contributed by atoms with Crippen LogP contribution in [0.1, 0.15) is 67.3 Å². The van der Waals surface area contributed by atoms with Gasteiger partial charge in [-0.15, -0.1) is 0 Å². The number of hydrogen-bond donors (Lipinski definition) is 2. The van der Waals surface area contributed by atoms with E-state index < -0.39 is 12.0 Å². The van der Waals surface area contributed by atoms with E-state index >= 15 is 0 Å². The van der Waals surface area contributed by atoms with E-state index in [1.165, 1.54) is 38.5 Å². The second-order valence-corrected chi connectivity index (χ2v) is 13.2. The predicted molar refractivity (Wildman–Crippen MR) is 161 cm³/mol. The Morgan fingerprint density at radius 1 is 1.00 bits per heavy atom. The van der Waals surface area contributed by atoms with Crippen LogP contribution in [0.4, 0.5) is 0 Å². The molecular formula is C32H42LiNO4S. The van der Waals surface area contributed by atoms with E-state index in [2.05, 4.69) is 5.32 Å². The van der Waals surface area contributed by atoms with Gasteiger partial charge in [0.25, 0.3) is 5.91 Å². The van der Waals surface area contributed by atoms with Gasteiger partial charge in [0.05, 0.1) is 6.61 Å². The van der Waals surface area contributed by atoms with Crippen molar-refractivity contribution in [3.05, 3.63) is 59.7 Å². The summed E-state index contributed by atoms with van der Waals surface area (Å²) in [4.78, 5) is 25.4. The molecule has 2 unspecified atom stereocenters. The normalized spacial score (nSPS) is 26.5. The first kappa shape index (κ1) is 30.3. The fourth-order valence-electron chi connectivity index (χ4n) is 7.84. The first-order valence-corrected chi connectivity index (χ1v) is 15.4. The van der Waals surface area contributed by atoms with E-state index in [4.69, 9.17) is 4.74 Å². The van der Waals surface area contributed by atoms with E-state index in [0.29, 0.717) is 24.0 Å². The number of hydrogen-bond acceptors (Lipinski definition) is 4. The summed E-state index contributed by atoms with van der Waals surface area (Å²) < 4.78 is 6.16. The fourth-order valence-corrected chi connectivity index (χ4v) is 8.46. The number of carboxylic acid groups (broad SMARTS) is 1. The van der Waals surface area contributed by atoms with E-state index in [9.17, 15) is 14.7 Å². The molecule has 2 aromatic rings. The van der Waals surface area contributed by atoms with Crippen LogP contribution in [-0.2, 0) is 9.53 Å². The summed E-state index contributed by atoms with van der Waals surface area (Å²) in [6, 6.07) is 14.3. The molecule has 39 heavy (non-hydrogen) atoms. The van der Waals surface area contributed by atoms with Gasteiger partial charge >= 0.3 is 24.8 Å². The van der Waals surface area contributed by atoms with Crippen LogP contribution in [0.15, 0.2) is 48.5 Å². The number of aryl methyl sites for hydroxylation is 1. The third-order valence-electron chi connectivity index (χ3n) is 9.29. The van der Waals surface area contributed by atoms with E-state index in [1.807, 2.05) is 55.6 Å². The fraction of sp³-hybridized carbons (Fsp3) is 0.562. The summed E-state index contributed by atoms with van der Waals surface area (Å²) in [5.74, 6) is 1.45. The van der Waals surface area contributed by atoms with Crippen LogP contribution < -0.4 is 5.32 Å². The van der Waals surface area contributed by atoms with Gasteiger partial charge in [-0.3, -0.25) is 4.79 Å². The van der Waals surface area contributed by atoms with Crippen LogP contribution in [0.2, 0.25) is 0 Å². The number of carbonyl (C=O) groups is 2. The average Bonchev–Trinajstić information content (AvgIpc) is 2.89. The Bertz CT molecular complexity index is 1120. The molecule has 0 heterocycles. The van der Waals surface area contributed by atoms with Crippen LogP contribution in [0, 0.1) is 30.1 Å². The monoisotopic (exact) mass is 543 g/mol. The molecule has 0 spiro atoms. The minimum absolute atomic E-state index is 0. The Balaban J connectivity index is 0.00000353. The van der Waals surface area contributed by atoms with E-state index in [0.717, 1.165) is 47.5 Å². The van der Waals surface area contributed by atoms with Crippen LogP contribution in [0.25, 0.3) is 11.1 Å². The SMILES string of the molecule is CSC(COCCC12CC3CC(CC(C3)C1)C2)CC(NC(=O)c1ccccc1-c1ccccc1C)C(=O)O.[LiH]. The van der Waals surface area contributed by atoms with Crippen LogP contribution in [0.5, 0.6) is 0 Å². The number of carbonyl (C=O) groups excluding carboxylic acids is 1. The molecule has 0 aliphatic heterocycles. The maximum atomic E-state index is 13.3. The minimum atomic E-state index is -1.01. The second-order valence-electron chi connectivity index (χ2n) is 12.1. The van der Waals surface area contributed by atoms with Gasteiger partial charge in [0.15, 0.2) is 0 Å². The van der Waals surface area contributed by atoms with Gasteiger partial charge < -0.3 is 15.2 Å². The molecular weight excluding hydrogens is 501 g/mol. The summed E-state index contributed by atoms with van der Waals surface area (Å²) in [6.45, 7) is 3.26. The Labute approximate surface area is 249 Å². The first-order chi connectivity index (χ1) is 18.4. The number of benzene rings is 2. The molecule has 4 saturated carbocycles. The number of thioether (sulfide) groups is 1. The van der Waals surface area contributed by atoms with Crippen molar-refractivity contribution in [2.45, 2.75) is 69.6 Å². The third kappa shape index (κ3) is 7.14. The molecule has 4 fully saturated rings. The van der Waals surface area contributed by atoms with Crippen LogP contribution >= 0.6 is 11.8 Å². The van der Waals surface area contributed by atoms with Crippen LogP contribution in [0.3, 0.4) is 0 Å². The number of carboxylic acids is 1. The molecule has 2 aromatic carbocycles. The Morgan fingerprint density at radius 3 is 2.18 bits per heavy atom. The molecule has 6 rings (SSSR count). The molecule has 0 aromatic heterocycles. The van der Waals surface area contributed by atoms with Crippen molar-refractivity contribution >= 4 is 42.5 Å². The van der Waals surface area contributed by atoms with Gasteiger partial charge in [-0.2, -0.15) is 11.8 Å². The summed E-state index contributed by atoms with van der Waals surface area (Å²) in [5.41, 5.74) is 3.82. The van der Waals surface area contributed by atoms with E-state index in [1.54, 1.807) is 17.8 Å². The maximum absolute atomic E-state index is 13.3. The summed E-state index contributed by atoms with van der Waals surface area (Å²) in [6.07, 6.45) is 11.9. The Morgan fingerprint density at radius 2 is 1.59 bits per heavy atom. The van der Waals surface area contributed by atoms with Crippen molar-refractivity contribution in [3.63, 3.8) is 0 Å². The van der Waals surface area contributed by atoms with Crippen molar-refractivity contribution in [1.29, 1.82) is 0 Å². The number of ether oxygens (including phenoxy) is 1. The molecule has 7 heteroatoms. The average molecular weight is 544 g/mol. The summed E-state index contributed by atoms with van der Waals surface area (Å²) in [5, 5.41) is 12.7. The Hall–Kier alpha value is -1.71. The quantitative estimate of drug-likeness (QED) is 0.256. The molecule has 4 bridgehead atoms. The predicted octanol–water partition coefficient (Wildman–Crippen LogP) is 5.94. The van der Waals surface area contributed by atoms with Gasteiger partial charge in [-0.25, -0.2) is 4.79 Å². The van der Waals surface area contributed by atoms with Crippen molar-refractivity contribution in [1.82, 2.24) is 5.32 Å². The van der Waals surface area contributed by atoms with Gasteiger partial charge in [-0.05, 0) is 110 Å². The molecule has 2 atom stereocenters. The first-order valence-electron chi connectivity index (χ1n) is 14.1. The number of amides is 1. The molecule has 1 amide bonds. The van der Waals surface area contributed by atoms with Gasteiger partial charge in [0.1, 0.15) is 6.04 Å². The summed E-state index contributed by atoms with van der Waals surface area (Å²) >= 11 is 1.61. The van der Waals surface area contributed by atoms with Crippen LogP contribution in [-0.4, -0.2) is 66.6 Å². The van der Waals surface area contributed by atoms with Gasteiger partial charge in [0, 0.05) is 17.4 Å². The van der Waals surface area contributed by atoms with Crippen molar-refractivity contribution < 1.29 is 19.4 Å². The van der Waals surface area contributed by atoms with Crippen molar-refractivity contribution in [2.24, 2.45) is 23.2 Å². The molecule has 0 radical (unpaired) electrons. The topological polar surface area (TPSA) is 75.6 Å². The number of rotatable bonds is 12. The molecule has 4 aliphatic carbocycles. The van der Waals surface area contributed by atoms with Crippen molar-refractivity contribution in [3.8, 4) is 11.1 Å². The molecule has 0 saturated heterocycles. The third-order valence-corrected chi connectivity index (χ3v) is 10.3.